The third-order valence-corrected chi connectivity index (χ3v) is 4.79. The van der Waals surface area contributed by atoms with Crippen molar-refractivity contribution >= 4 is 45.9 Å². The molecule has 3 N–H and O–H groups in total. The lowest BCUT2D eigenvalue weighted by Gasteiger charge is -2.34. The van der Waals surface area contributed by atoms with E-state index in [0.29, 0.717) is 25.6 Å². The smallest absolute Gasteiger partial charge is 0.191 e. The van der Waals surface area contributed by atoms with E-state index in [-0.39, 0.29) is 24.0 Å². The van der Waals surface area contributed by atoms with Gasteiger partial charge in [-0.3, -0.25) is 4.90 Å². The Morgan fingerprint density at radius 3 is 2.71 bits per heavy atom. The molecule has 1 unspecified atom stereocenters. The zero-order valence-corrected chi connectivity index (χ0v) is 20.7. The number of nitrogens with zero attached hydrogens (tertiary/aromatic N) is 2. The number of guanidine groups is 1. The fraction of sp³-hybridized carbons (Fsp3) is 0.632. The maximum absolute atomic E-state index is 10.7. The zero-order chi connectivity index (χ0) is 19.7. The summed E-state index contributed by atoms with van der Waals surface area (Å²) in [4.78, 5) is 6.86. The van der Waals surface area contributed by atoms with E-state index in [9.17, 15) is 5.11 Å². The Labute approximate surface area is 193 Å². The van der Waals surface area contributed by atoms with Gasteiger partial charge in [-0.15, -0.1) is 24.0 Å². The summed E-state index contributed by atoms with van der Waals surface area (Å²) in [5.74, 6) is 1.47. The summed E-state index contributed by atoms with van der Waals surface area (Å²) in [5, 5.41) is 17.2. The first-order valence-corrected chi connectivity index (χ1v) is 10.1. The molecule has 1 aliphatic rings. The molecule has 1 aliphatic heterocycles. The summed E-state index contributed by atoms with van der Waals surface area (Å²) in [6, 6.07) is 5.86. The third kappa shape index (κ3) is 8.81. The Morgan fingerprint density at radius 1 is 1.36 bits per heavy atom. The van der Waals surface area contributed by atoms with E-state index in [0.717, 1.165) is 48.6 Å². The molecule has 1 aromatic rings. The van der Waals surface area contributed by atoms with Gasteiger partial charge in [0.15, 0.2) is 5.96 Å². The molecule has 28 heavy (non-hydrogen) atoms. The highest BCUT2D eigenvalue weighted by Gasteiger charge is 2.25. The standard InChI is InChI=1S/C19H31BrN4O3.HI/c1-4-21-18(22-12-15-11-16(20)5-6-17(15)26-3)23-13-19(2,25)14-24-7-9-27-10-8-24;/h5-6,11,25H,4,7-10,12-14H2,1-3H3,(H2,21,22,23);1H. The number of methoxy groups -OCH3 is 1. The summed E-state index contributed by atoms with van der Waals surface area (Å²) in [6.07, 6.45) is 0. The topological polar surface area (TPSA) is 78.4 Å². The highest BCUT2D eigenvalue weighted by atomic mass is 127. The normalized spacial score (nSPS) is 17.4. The molecule has 2 rings (SSSR count). The Bertz CT molecular complexity index is 625. The fourth-order valence-electron chi connectivity index (χ4n) is 2.95. The molecule has 1 heterocycles. The molecule has 9 heteroatoms. The van der Waals surface area contributed by atoms with Crippen molar-refractivity contribution in [2.45, 2.75) is 26.0 Å². The molecule has 0 bridgehead atoms. The first-order chi connectivity index (χ1) is 12.9. The second-order valence-electron chi connectivity index (χ2n) is 6.89. The van der Waals surface area contributed by atoms with Crippen molar-refractivity contribution in [3.8, 4) is 5.75 Å². The lowest BCUT2D eigenvalue weighted by atomic mass is 10.1. The number of hydrogen-bond donors (Lipinski definition) is 3. The number of rotatable bonds is 8. The van der Waals surface area contributed by atoms with Crippen molar-refractivity contribution in [1.82, 2.24) is 15.5 Å². The van der Waals surface area contributed by atoms with Crippen LogP contribution in [-0.2, 0) is 11.3 Å². The van der Waals surface area contributed by atoms with Crippen LogP contribution in [-0.4, -0.2) is 74.6 Å². The summed E-state index contributed by atoms with van der Waals surface area (Å²) < 4.78 is 11.8. The predicted molar refractivity (Wildman–Crippen MR) is 127 cm³/mol. The lowest BCUT2D eigenvalue weighted by Crippen LogP contribution is -2.52. The SMILES string of the molecule is CCNC(=NCc1cc(Br)ccc1OC)NCC(C)(O)CN1CCOCC1.I. The van der Waals surface area contributed by atoms with Crippen molar-refractivity contribution in [3.63, 3.8) is 0 Å². The van der Waals surface area contributed by atoms with Crippen molar-refractivity contribution in [2.24, 2.45) is 4.99 Å². The molecule has 1 aromatic carbocycles. The number of β-amino-alcohol motifs (C(OH)–C–C–N with tert-alkyl or cyclic N) is 1. The Kier molecular flexibility index (Phi) is 11.7. The zero-order valence-electron chi connectivity index (χ0n) is 16.8. The van der Waals surface area contributed by atoms with Crippen molar-refractivity contribution < 1.29 is 14.6 Å². The summed E-state index contributed by atoms with van der Waals surface area (Å²) in [7, 11) is 1.66. The molecule has 0 aromatic heterocycles. The fourth-order valence-corrected chi connectivity index (χ4v) is 3.36. The monoisotopic (exact) mass is 570 g/mol. The minimum atomic E-state index is -0.860. The number of benzene rings is 1. The number of halogens is 2. The number of morpholine rings is 1. The van der Waals surface area contributed by atoms with E-state index >= 15 is 0 Å². The van der Waals surface area contributed by atoms with E-state index in [4.69, 9.17) is 9.47 Å². The number of hydrogen-bond acceptors (Lipinski definition) is 5. The average Bonchev–Trinajstić information content (AvgIpc) is 2.64. The third-order valence-electron chi connectivity index (χ3n) is 4.30. The van der Waals surface area contributed by atoms with Crippen LogP contribution in [0.3, 0.4) is 0 Å². The van der Waals surface area contributed by atoms with Gasteiger partial charge >= 0.3 is 0 Å². The number of ether oxygens (including phenoxy) is 2. The van der Waals surface area contributed by atoms with Gasteiger partial charge in [-0.25, -0.2) is 4.99 Å². The average molecular weight is 571 g/mol. The highest BCUT2D eigenvalue weighted by molar-refractivity contribution is 14.0. The maximum atomic E-state index is 10.7. The van der Waals surface area contributed by atoms with E-state index < -0.39 is 5.60 Å². The molecule has 1 fully saturated rings. The molecule has 1 saturated heterocycles. The van der Waals surface area contributed by atoms with Crippen molar-refractivity contribution in [1.29, 1.82) is 0 Å². The minimum absolute atomic E-state index is 0. The second-order valence-corrected chi connectivity index (χ2v) is 7.81. The van der Waals surface area contributed by atoms with Gasteiger partial charge in [0.25, 0.3) is 0 Å². The Morgan fingerprint density at radius 2 is 2.07 bits per heavy atom. The van der Waals surface area contributed by atoms with Gasteiger partial charge in [-0.05, 0) is 32.0 Å². The molecule has 7 nitrogen and oxygen atoms in total. The van der Waals surface area contributed by atoms with Crippen LogP contribution in [0.5, 0.6) is 5.75 Å². The van der Waals surface area contributed by atoms with Crippen LogP contribution >= 0.6 is 39.9 Å². The van der Waals surface area contributed by atoms with E-state index in [1.807, 2.05) is 32.0 Å². The van der Waals surface area contributed by atoms with Crippen molar-refractivity contribution in [3.05, 3.63) is 28.2 Å². The molecule has 160 valence electrons. The molecule has 0 saturated carbocycles. The first-order valence-electron chi connectivity index (χ1n) is 9.30. The van der Waals surface area contributed by atoms with Gasteiger partial charge in [0.1, 0.15) is 5.75 Å². The van der Waals surface area contributed by atoms with Gasteiger partial charge in [-0.2, -0.15) is 0 Å². The maximum Gasteiger partial charge on any atom is 0.191 e. The molecule has 0 radical (unpaired) electrons. The van der Waals surface area contributed by atoms with E-state index in [2.05, 4.69) is 36.5 Å². The van der Waals surface area contributed by atoms with Gasteiger partial charge in [0, 0.05) is 42.8 Å². The van der Waals surface area contributed by atoms with Crippen LogP contribution in [0.15, 0.2) is 27.7 Å². The molecular formula is C19H32BrIN4O3. The first kappa shape index (κ1) is 25.4. The minimum Gasteiger partial charge on any atom is -0.496 e. The quantitative estimate of drug-likeness (QED) is 0.253. The van der Waals surface area contributed by atoms with Gasteiger partial charge in [0.2, 0.25) is 0 Å². The van der Waals surface area contributed by atoms with Crippen LogP contribution in [0.2, 0.25) is 0 Å². The predicted octanol–water partition coefficient (Wildman–Crippen LogP) is 2.21. The van der Waals surface area contributed by atoms with Crippen LogP contribution in [0.25, 0.3) is 0 Å². The van der Waals surface area contributed by atoms with Crippen molar-refractivity contribution in [2.75, 3.05) is 53.0 Å². The van der Waals surface area contributed by atoms with Gasteiger partial charge in [0.05, 0.1) is 32.5 Å². The van der Waals surface area contributed by atoms with Crippen LogP contribution in [0.4, 0.5) is 0 Å². The number of aliphatic imine (C=N–C) groups is 1. The summed E-state index contributed by atoms with van der Waals surface area (Å²) >= 11 is 3.49. The highest BCUT2D eigenvalue weighted by Crippen LogP contribution is 2.23. The Balaban J connectivity index is 0.00000392. The molecular weight excluding hydrogens is 539 g/mol. The van der Waals surface area contributed by atoms with E-state index in [1.54, 1.807) is 7.11 Å². The van der Waals surface area contributed by atoms with Crippen LogP contribution in [0.1, 0.15) is 19.4 Å². The molecule has 1 atom stereocenters. The number of aliphatic hydroxyl groups is 1. The molecule has 0 aliphatic carbocycles. The second kappa shape index (κ2) is 12.8. The molecule has 0 spiro atoms. The van der Waals surface area contributed by atoms with Crippen LogP contribution < -0.4 is 15.4 Å². The van der Waals surface area contributed by atoms with Gasteiger partial charge < -0.3 is 25.2 Å². The van der Waals surface area contributed by atoms with E-state index in [1.165, 1.54) is 0 Å². The summed E-state index contributed by atoms with van der Waals surface area (Å²) in [5.41, 5.74) is 0.130. The van der Waals surface area contributed by atoms with Gasteiger partial charge in [-0.1, -0.05) is 15.9 Å². The lowest BCUT2D eigenvalue weighted by molar-refractivity contribution is -0.0201. The Hall–Kier alpha value is -0.620. The number of nitrogens with one attached hydrogen (secondary N) is 2. The van der Waals surface area contributed by atoms with Crippen LogP contribution in [0, 0.1) is 0 Å². The molecule has 0 amide bonds. The summed E-state index contributed by atoms with van der Waals surface area (Å²) in [6.45, 7) is 9.24. The largest absolute Gasteiger partial charge is 0.496 e.